The second kappa shape index (κ2) is 9.72. The van der Waals surface area contributed by atoms with Crippen molar-refractivity contribution >= 4 is 16.9 Å². The largest absolute Gasteiger partial charge is 0.497 e. The first-order valence-electron chi connectivity index (χ1n) is 11.4. The van der Waals surface area contributed by atoms with Crippen LogP contribution in [0.3, 0.4) is 0 Å². The van der Waals surface area contributed by atoms with E-state index >= 15 is 0 Å². The number of carboxylic acid groups (broad SMARTS) is 1. The number of hydrogen-bond donors (Lipinski definition) is 1. The monoisotopic (exact) mass is 513 g/mol. The second-order valence-corrected chi connectivity index (χ2v) is 9.07. The van der Waals surface area contributed by atoms with Gasteiger partial charge in [0.25, 0.3) is 0 Å². The number of carboxylic acids is 1. The lowest BCUT2D eigenvalue weighted by Crippen LogP contribution is -2.37. The predicted octanol–water partition coefficient (Wildman–Crippen LogP) is 7.06. The molecular formula is C28H26F3NO5. The molecule has 0 saturated heterocycles. The zero-order valence-corrected chi connectivity index (χ0v) is 20.7. The van der Waals surface area contributed by atoms with E-state index < -0.39 is 23.3 Å². The minimum atomic E-state index is -4.51. The number of fused-ring (bicyclic) bond motifs is 1. The lowest BCUT2D eigenvalue weighted by atomic mass is 10.1. The molecule has 3 aromatic carbocycles. The van der Waals surface area contributed by atoms with Crippen LogP contribution >= 0.6 is 0 Å². The molecule has 6 nitrogen and oxygen atoms in total. The van der Waals surface area contributed by atoms with Gasteiger partial charge in [0.1, 0.15) is 17.2 Å². The Labute approximate surface area is 211 Å². The van der Waals surface area contributed by atoms with Crippen molar-refractivity contribution in [3.63, 3.8) is 0 Å². The quantitative estimate of drug-likeness (QED) is 0.273. The van der Waals surface area contributed by atoms with E-state index in [2.05, 4.69) is 0 Å². The summed E-state index contributed by atoms with van der Waals surface area (Å²) >= 11 is 0. The lowest BCUT2D eigenvalue weighted by Gasteiger charge is -2.22. The summed E-state index contributed by atoms with van der Waals surface area (Å²) in [5.41, 5.74) is -0.521. The molecule has 0 saturated carbocycles. The number of aliphatic carboxylic acids is 1. The molecule has 37 heavy (non-hydrogen) atoms. The number of nitrogens with zero attached hydrogens (tertiary/aromatic N) is 1. The standard InChI is InChI=1S/C28H26F3NO5/c1-17-25(36-21-11-9-20(35-4)10-12-21)23-13-8-19(28(29,30)31)15-24(23)32(17)16-18-6-5-7-22(14-18)37-27(2,3)26(33)34/h5-15H,16H2,1-4H3,(H,33,34). The Kier molecular flexibility index (Phi) is 6.82. The van der Waals surface area contributed by atoms with Crippen LogP contribution in [0.2, 0.25) is 0 Å². The zero-order chi connectivity index (χ0) is 27.0. The molecule has 9 heteroatoms. The Morgan fingerprint density at radius 2 is 1.62 bits per heavy atom. The van der Waals surface area contributed by atoms with Crippen molar-refractivity contribution in [2.45, 2.75) is 39.1 Å². The van der Waals surface area contributed by atoms with Crippen LogP contribution in [0.1, 0.15) is 30.7 Å². The van der Waals surface area contributed by atoms with Gasteiger partial charge in [0.05, 0.1) is 23.9 Å². The van der Waals surface area contributed by atoms with Crippen LogP contribution in [0.15, 0.2) is 66.7 Å². The van der Waals surface area contributed by atoms with E-state index in [4.69, 9.17) is 14.2 Å². The van der Waals surface area contributed by atoms with Crippen LogP contribution in [0.5, 0.6) is 23.0 Å². The number of halogens is 3. The molecule has 0 amide bonds. The van der Waals surface area contributed by atoms with Gasteiger partial charge in [0, 0.05) is 11.9 Å². The molecule has 0 bridgehead atoms. The Bertz CT molecular complexity index is 1440. The van der Waals surface area contributed by atoms with Gasteiger partial charge in [0.2, 0.25) is 0 Å². The molecule has 0 aliphatic carbocycles. The fraction of sp³-hybridized carbons (Fsp3) is 0.250. The summed E-state index contributed by atoms with van der Waals surface area (Å²) in [7, 11) is 1.55. The molecule has 0 unspecified atom stereocenters. The first kappa shape index (κ1) is 25.9. The van der Waals surface area contributed by atoms with E-state index in [1.165, 1.54) is 19.9 Å². The van der Waals surface area contributed by atoms with E-state index in [0.29, 0.717) is 45.2 Å². The smallest absolute Gasteiger partial charge is 0.416 e. The van der Waals surface area contributed by atoms with Crippen LogP contribution in [0, 0.1) is 6.92 Å². The fourth-order valence-corrected chi connectivity index (χ4v) is 3.94. The van der Waals surface area contributed by atoms with E-state index in [1.807, 2.05) is 0 Å². The van der Waals surface area contributed by atoms with Crippen LogP contribution in [-0.2, 0) is 17.5 Å². The summed E-state index contributed by atoms with van der Waals surface area (Å²) in [6.07, 6.45) is -4.51. The molecule has 1 N–H and O–H groups in total. The number of benzene rings is 3. The Morgan fingerprint density at radius 1 is 0.946 bits per heavy atom. The van der Waals surface area contributed by atoms with Gasteiger partial charge in [-0.3, -0.25) is 0 Å². The SMILES string of the molecule is COc1ccc(Oc2c(C)n(Cc3cccc(OC(C)(C)C(=O)O)c3)c3cc(C(F)(F)F)ccc23)cc1. The lowest BCUT2D eigenvalue weighted by molar-refractivity contribution is -0.152. The van der Waals surface area contributed by atoms with Crippen molar-refractivity contribution in [3.8, 4) is 23.0 Å². The molecule has 1 aromatic heterocycles. The predicted molar refractivity (Wildman–Crippen MR) is 133 cm³/mol. The van der Waals surface area contributed by atoms with Crippen LogP contribution < -0.4 is 14.2 Å². The van der Waals surface area contributed by atoms with Crippen molar-refractivity contribution in [1.82, 2.24) is 4.57 Å². The van der Waals surface area contributed by atoms with Gasteiger partial charge in [0.15, 0.2) is 11.4 Å². The highest BCUT2D eigenvalue weighted by Gasteiger charge is 2.32. The van der Waals surface area contributed by atoms with Gasteiger partial charge in [-0.05, 0) is 80.9 Å². The number of aromatic nitrogens is 1. The minimum Gasteiger partial charge on any atom is -0.497 e. The molecule has 0 fully saturated rings. The maximum Gasteiger partial charge on any atom is 0.416 e. The summed E-state index contributed by atoms with van der Waals surface area (Å²) in [5.74, 6) is 0.812. The third kappa shape index (κ3) is 5.50. The summed E-state index contributed by atoms with van der Waals surface area (Å²) in [4.78, 5) is 11.5. The third-order valence-corrected chi connectivity index (χ3v) is 6.00. The molecule has 0 aliphatic heterocycles. The summed E-state index contributed by atoms with van der Waals surface area (Å²) in [5, 5.41) is 9.89. The molecule has 4 rings (SSSR count). The van der Waals surface area contributed by atoms with Crippen LogP contribution in [0.4, 0.5) is 13.2 Å². The maximum absolute atomic E-state index is 13.6. The van der Waals surface area contributed by atoms with Crippen molar-refractivity contribution in [3.05, 3.63) is 83.6 Å². The van der Waals surface area contributed by atoms with E-state index in [1.54, 1.807) is 67.1 Å². The van der Waals surface area contributed by atoms with Crippen molar-refractivity contribution < 1.29 is 37.3 Å². The molecule has 0 aliphatic rings. The molecule has 1 heterocycles. The molecule has 0 spiro atoms. The number of alkyl halides is 3. The van der Waals surface area contributed by atoms with E-state index in [-0.39, 0.29) is 6.54 Å². The van der Waals surface area contributed by atoms with Gasteiger partial charge < -0.3 is 23.9 Å². The highest BCUT2D eigenvalue weighted by molar-refractivity contribution is 5.89. The Morgan fingerprint density at radius 3 is 2.24 bits per heavy atom. The molecular weight excluding hydrogens is 487 g/mol. The first-order valence-corrected chi connectivity index (χ1v) is 11.4. The number of methoxy groups -OCH3 is 1. The number of carbonyl (C=O) groups is 1. The molecule has 0 atom stereocenters. The number of rotatable bonds is 8. The fourth-order valence-electron chi connectivity index (χ4n) is 3.94. The average molecular weight is 514 g/mol. The van der Waals surface area contributed by atoms with Crippen molar-refractivity contribution in [2.75, 3.05) is 7.11 Å². The molecule has 4 aromatic rings. The van der Waals surface area contributed by atoms with Crippen LogP contribution in [-0.4, -0.2) is 28.4 Å². The topological polar surface area (TPSA) is 69.9 Å². The zero-order valence-electron chi connectivity index (χ0n) is 20.7. The normalized spacial score (nSPS) is 12.0. The highest BCUT2D eigenvalue weighted by atomic mass is 19.4. The van der Waals surface area contributed by atoms with E-state index in [0.717, 1.165) is 12.1 Å². The van der Waals surface area contributed by atoms with Gasteiger partial charge in [-0.1, -0.05) is 12.1 Å². The number of hydrogen-bond acceptors (Lipinski definition) is 4. The second-order valence-electron chi connectivity index (χ2n) is 9.07. The van der Waals surface area contributed by atoms with Gasteiger partial charge in [-0.25, -0.2) is 4.79 Å². The highest BCUT2D eigenvalue weighted by Crippen LogP contribution is 2.40. The van der Waals surface area contributed by atoms with Crippen LogP contribution in [0.25, 0.3) is 10.9 Å². The van der Waals surface area contributed by atoms with Gasteiger partial charge in [-0.15, -0.1) is 0 Å². The van der Waals surface area contributed by atoms with Crippen molar-refractivity contribution in [1.29, 1.82) is 0 Å². The Balaban J connectivity index is 1.77. The summed E-state index contributed by atoms with van der Waals surface area (Å²) in [6, 6.07) is 17.3. The molecule has 0 radical (unpaired) electrons. The molecule has 194 valence electrons. The summed E-state index contributed by atoms with van der Waals surface area (Å²) < 4.78 is 59.4. The summed E-state index contributed by atoms with van der Waals surface area (Å²) in [6.45, 7) is 4.86. The average Bonchev–Trinajstić information content (AvgIpc) is 3.09. The van der Waals surface area contributed by atoms with E-state index in [9.17, 15) is 23.1 Å². The maximum atomic E-state index is 13.6. The Hall–Kier alpha value is -4.14. The van der Waals surface area contributed by atoms with Crippen molar-refractivity contribution in [2.24, 2.45) is 0 Å². The van der Waals surface area contributed by atoms with Gasteiger partial charge >= 0.3 is 12.1 Å². The third-order valence-electron chi connectivity index (χ3n) is 6.00. The van der Waals surface area contributed by atoms with Gasteiger partial charge in [-0.2, -0.15) is 13.2 Å². The first-order chi connectivity index (χ1) is 17.4. The number of ether oxygens (including phenoxy) is 3. The minimum absolute atomic E-state index is 0.209.